The number of fused-ring (bicyclic) bond motifs is 3. The normalized spacial score (nSPS) is 16.3. The Hall–Kier alpha value is -1.68. The highest BCUT2D eigenvalue weighted by Crippen LogP contribution is 2.37. The quantitative estimate of drug-likeness (QED) is 0.376. The predicted octanol–water partition coefficient (Wildman–Crippen LogP) is 3.29. The van der Waals surface area contributed by atoms with Crippen molar-refractivity contribution in [2.24, 2.45) is 10.9 Å². The van der Waals surface area contributed by atoms with Crippen molar-refractivity contribution in [1.29, 1.82) is 0 Å². The molecular weight excluding hydrogens is 426 g/mol. The summed E-state index contributed by atoms with van der Waals surface area (Å²) in [5.74, 6) is 0. The summed E-state index contributed by atoms with van der Waals surface area (Å²) in [4.78, 5) is 11.7. The zero-order valence-corrected chi connectivity index (χ0v) is 18.5. The summed E-state index contributed by atoms with van der Waals surface area (Å²) in [6.45, 7) is 1.24. The lowest BCUT2D eigenvalue weighted by atomic mass is 9.84. The summed E-state index contributed by atoms with van der Waals surface area (Å²) >= 11 is 2.91. The summed E-state index contributed by atoms with van der Waals surface area (Å²) in [6, 6.07) is 4.40. The zero-order valence-electron chi connectivity index (χ0n) is 16.8. The van der Waals surface area contributed by atoms with Gasteiger partial charge >= 0.3 is 0 Å². The van der Waals surface area contributed by atoms with Crippen LogP contribution in [0.5, 0.6) is 0 Å². The molecule has 0 unspecified atom stereocenters. The minimum absolute atomic E-state index is 0.125. The Balaban J connectivity index is 0.000000153. The lowest BCUT2D eigenvalue weighted by Gasteiger charge is -2.26. The van der Waals surface area contributed by atoms with Gasteiger partial charge in [0.25, 0.3) is 6.43 Å². The van der Waals surface area contributed by atoms with Gasteiger partial charge in [0.15, 0.2) is 0 Å². The molecule has 2 aromatic rings. The van der Waals surface area contributed by atoms with Gasteiger partial charge in [-0.1, -0.05) is 6.07 Å². The van der Waals surface area contributed by atoms with E-state index in [0.29, 0.717) is 6.54 Å². The number of thiophene rings is 1. The Labute approximate surface area is 184 Å². The van der Waals surface area contributed by atoms with Crippen molar-refractivity contribution in [3.05, 3.63) is 44.8 Å². The average Bonchev–Trinajstić information content (AvgIpc) is 3.31. The Bertz CT molecular complexity index is 888. The highest BCUT2D eigenvalue weighted by molar-refractivity contribution is 7.99. The van der Waals surface area contributed by atoms with E-state index < -0.39 is 6.43 Å². The molecule has 30 heavy (non-hydrogen) atoms. The van der Waals surface area contributed by atoms with Gasteiger partial charge in [-0.15, -0.1) is 11.3 Å². The number of nitrogens with two attached hydrogens (primary N) is 3. The summed E-state index contributed by atoms with van der Waals surface area (Å²) < 4.78 is 25.5. The first-order valence-corrected chi connectivity index (χ1v) is 11.7. The Morgan fingerprint density at radius 2 is 1.80 bits per heavy atom. The van der Waals surface area contributed by atoms with Gasteiger partial charge in [-0.05, 0) is 84.4 Å². The maximum absolute atomic E-state index is 12.2. The molecule has 9 heteroatoms. The fourth-order valence-electron chi connectivity index (χ4n) is 4.26. The number of hydrogen-bond acceptors (Lipinski definition) is 6. The smallest absolute Gasteiger partial charge is 0.251 e. The van der Waals surface area contributed by atoms with Crippen LogP contribution in [0.4, 0.5) is 14.5 Å². The highest BCUT2D eigenvalue weighted by atomic mass is 32.2. The first-order chi connectivity index (χ1) is 14.5. The molecule has 3 aliphatic rings. The second kappa shape index (κ2) is 10.6. The number of carbonyl (C=O) groups is 1. The number of nitrogen functional groups attached to an aromatic ring is 1. The van der Waals surface area contributed by atoms with Crippen LogP contribution < -0.4 is 16.6 Å². The van der Waals surface area contributed by atoms with Crippen molar-refractivity contribution in [2.45, 2.75) is 55.7 Å². The van der Waals surface area contributed by atoms with E-state index in [1.807, 2.05) is 6.07 Å². The topological polar surface area (TPSA) is 98.4 Å². The second-order valence-electron chi connectivity index (χ2n) is 7.56. The van der Waals surface area contributed by atoms with E-state index in [2.05, 4.69) is 11.8 Å². The van der Waals surface area contributed by atoms with Crippen molar-refractivity contribution in [3.8, 4) is 0 Å². The molecule has 0 saturated carbocycles. The third kappa shape index (κ3) is 5.32. The van der Waals surface area contributed by atoms with Gasteiger partial charge < -0.3 is 11.5 Å². The van der Waals surface area contributed by atoms with Crippen molar-refractivity contribution in [3.63, 3.8) is 0 Å². The Morgan fingerprint density at radius 3 is 2.43 bits per heavy atom. The number of aryl methyl sites for hydroxylation is 2. The molecule has 0 fully saturated rings. The molecule has 0 bridgehead atoms. The molecular formula is C21H28F2N4OS2. The number of nitrogens with zero attached hydrogens (tertiary/aromatic N) is 1. The van der Waals surface area contributed by atoms with Gasteiger partial charge in [0.2, 0.25) is 6.41 Å². The minimum Gasteiger partial charge on any atom is -0.398 e. The van der Waals surface area contributed by atoms with E-state index in [-0.39, 0.29) is 13.0 Å². The molecule has 0 saturated heterocycles. The third-order valence-electron chi connectivity index (χ3n) is 5.73. The highest BCUT2D eigenvalue weighted by Gasteiger charge is 2.23. The maximum atomic E-state index is 12.2. The van der Waals surface area contributed by atoms with Crippen LogP contribution >= 0.6 is 23.3 Å². The summed E-state index contributed by atoms with van der Waals surface area (Å²) in [5.41, 5.74) is 18.5. The summed E-state index contributed by atoms with van der Waals surface area (Å²) in [5, 5.41) is 5.47. The molecule has 1 amide bonds. The fraction of sp³-hybridized carbons (Fsp3) is 0.476. The van der Waals surface area contributed by atoms with Crippen LogP contribution in [0.2, 0.25) is 0 Å². The fourth-order valence-corrected chi connectivity index (χ4v) is 5.86. The van der Waals surface area contributed by atoms with E-state index in [0.717, 1.165) is 22.9 Å². The molecule has 164 valence electrons. The number of rotatable bonds is 3. The monoisotopic (exact) mass is 454 g/mol. The van der Waals surface area contributed by atoms with Gasteiger partial charge in [0.1, 0.15) is 0 Å². The van der Waals surface area contributed by atoms with Crippen LogP contribution in [0.3, 0.4) is 0 Å². The zero-order chi connectivity index (χ0) is 21.7. The minimum atomic E-state index is -2.24. The van der Waals surface area contributed by atoms with Gasteiger partial charge in [0.05, 0.1) is 10.8 Å². The number of alkyl halides is 2. The first kappa shape index (κ1) is 23.0. The van der Waals surface area contributed by atoms with E-state index in [1.54, 1.807) is 16.2 Å². The molecule has 5 rings (SSSR count). The molecule has 0 radical (unpaired) electrons. The Morgan fingerprint density at radius 1 is 1.10 bits per heavy atom. The number of anilines is 1. The molecule has 6 N–H and O–H groups in total. The molecule has 0 atom stereocenters. The van der Waals surface area contributed by atoms with Gasteiger partial charge in [0, 0.05) is 23.7 Å². The predicted molar refractivity (Wildman–Crippen MR) is 120 cm³/mol. The first-order valence-electron chi connectivity index (χ1n) is 10.0. The third-order valence-corrected chi connectivity index (χ3v) is 7.65. The lowest BCUT2D eigenvalue weighted by Crippen LogP contribution is -2.33. The van der Waals surface area contributed by atoms with Crippen LogP contribution in [0, 0.1) is 0 Å². The van der Waals surface area contributed by atoms with Gasteiger partial charge in [-0.2, -0.15) is 0 Å². The number of hydrogen-bond donors (Lipinski definition) is 3. The van der Waals surface area contributed by atoms with Crippen LogP contribution in [-0.2, 0) is 43.4 Å². The van der Waals surface area contributed by atoms with Crippen molar-refractivity contribution < 1.29 is 13.6 Å². The number of benzene rings is 1. The van der Waals surface area contributed by atoms with Gasteiger partial charge in [-0.25, -0.2) is 8.78 Å². The molecule has 1 aromatic heterocycles. The summed E-state index contributed by atoms with van der Waals surface area (Å²) in [6.07, 6.45) is 5.13. The van der Waals surface area contributed by atoms with Gasteiger partial charge in [-0.3, -0.25) is 14.8 Å². The van der Waals surface area contributed by atoms with Crippen molar-refractivity contribution in [2.75, 3.05) is 18.8 Å². The van der Waals surface area contributed by atoms with Crippen LogP contribution in [0.1, 0.15) is 39.1 Å². The molecule has 5 nitrogen and oxygen atoms in total. The molecule has 1 aliphatic heterocycles. The SMILES string of the molecule is NC=O.NSc1cc2c(s1)CCN(CC(F)F)C2.Nc1c2c(cc3c1CC3)CCC2. The summed E-state index contributed by atoms with van der Waals surface area (Å²) in [7, 11) is 0. The van der Waals surface area contributed by atoms with E-state index >= 15 is 0 Å². The number of amides is 1. The number of halogens is 2. The molecule has 2 heterocycles. The van der Waals surface area contributed by atoms with Crippen molar-refractivity contribution in [1.82, 2.24) is 4.90 Å². The molecule has 0 spiro atoms. The lowest BCUT2D eigenvalue weighted by molar-refractivity contribution is -0.106. The van der Waals surface area contributed by atoms with Crippen LogP contribution in [-0.4, -0.2) is 30.8 Å². The van der Waals surface area contributed by atoms with Crippen molar-refractivity contribution >= 4 is 35.4 Å². The number of carbonyl (C=O) groups excluding carboxylic acids is 1. The van der Waals surface area contributed by atoms with E-state index in [9.17, 15) is 8.78 Å². The van der Waals surface area contributed by atoms with Crippen LogP contribution in [0.15, 0.2) is 16.3 Å². The maximum Gasteiger partial charge on any atom is 0.251 e. The second-order valence-corrected chi connectivity index (χ2v) is 9.63. The molecule has 1 aromatic carbocycles. The average molecular weight is 455 g/mol. The van der Waals surface area contributed by atoms with Crippen LogP contribution in [0.25, 0.3) is 0 Å². The Kier molecular flexibility index (Phi) is 8.10. The van der Waals surface area contributed by atoms with E-state index in [1.165, 1.54) is 76.7 Å². The number of primary amides is 1. The largest absolute Gasteiger partial charge is 0.398 e. The molecule has 2 aliphatic carbocycles. The van der Waals surface area contributed by atoms with E-state index in [4.69, 9.17) is 15.7 Å². The standard InChI is InChI=1S/C11H13N.C9H12F2N2S2.CH3NO/c12-11-9-3-1-2-7(9)6-8-4-5-10(8)11;10-8(11)5-13-2-1-7-6(4-13)3-9(14-7)15-12;2-1-3/h6H,1-5,12H2;3,8H,1-2,4-5,12H2;1H,(H2,2,3).